The molecule has 1 atom stereocenters. The zero-order valence-electron chi connectivity index (χ0n) is 8.30. The topological polar surface area (TPSA) is 130 Å². The molecule has 1 heterocycles. The Balaban J connectivity index is 2.67. The van der Waals surface area contributed by atoms with Crippen LogP contribution in [0.15, 0.2) is 0 Å². The Bertz CT molecular complexity index is 354. The summed E-state index contributed by atoms with van der Waals surface area (Å²) in [4.78, 5) is 44.7. The van der Waals surface area contributed by atoms with Crippen molar-refractivity contribution in [3.8, 4) is 0 Å². The lowest BCUT2D eigenvalue weighted by molar-refractivity contribution is -0.153. The number of rotatable bonds is 3. The molecule has 0 aliphatic carbocycles. The third-order valence-electron chi connectivity index (χ3n) is 2.02. The second-order valence-corrected chi connectivity index (χ2v) is 3.30. The van der Waals surface area contributed by atoms with Gasteiger partial charge in [-0.2, -0.15) is 0 Å². The Morgan fingerprint density at radius 3 is 2.69 bits per heavy atom. The maximum atomic E-state index is 11.5. The molecule has 0 aromatic rings. The van der Waals surface area contributed by atoms with Gasteiger partial charge in [-0.05, 0) is 0 Å². The van der Waals surface area contributed by atoms with E-state index in [1.165, 1.54) is 0 Å². The lowest BCUT2D eigenvalue weighted by Crippen LogP contribution is -2.57. The summed E-state index contributed by atoms with van der Waals surface area (Å²) in [6.45, 7) is -0.685. The molecule has 1 saturated heterocycles. The van der Waals surface area contributed by atoms with Crippen LogP contribution in [0.2, 0.25) is 0 Å². The number of nitrogens with two attached hydrogens (primary N) is 1. The molecule has 0 spiro atoms. The van der Waals surface area contributed by atoms with Crippen molar-refractivity contribution in [3.63, 3.8) is 0 Å². The van der Waals surface area contributed by atoms with E-state index in [-0.39, 0.29) is 6.54 Å². The van der Waals surface area contributed by atoms with Crippen LogP contribution in [0.25, 0.3) is 0 Å². The fourth-order valence-electron chi connectivity index (χ4n) is 1.23. The molecular weight excluding hydrogens is 218 g/mol. The molecule has 8 heteroatoms. The van der Waals surface area contributed by atoms with E-state index in [4.69, 9.17) is 10.8 Å². The highest BCUT2D eigenvalue weighted by atomic mass is 16.4. The zero-order chi connectivity index (χ0) is 12.3. The molecule has 1 aliphatic heterocycles. The molecule has 8 nitrogen and oxygen atoms in total. The van der Waals surface area contributed by atoms with Crippen molar-refractivity contribution in [2.45, 2.75) is 12.5 Å². The number of piperazine rings is 1. The van der Waals surface area contributed by atoms with Gasteiger partial charge < -0.3 is 16.2 Å². The lowest BCUT2D eigenvalue weighted by Gasteiger charge is -2.26. The summed E-state index contributed by atoms with van der Waals surface area (Å²) in [5, 5.41) is 10.7. The van der Waals surface area contributed by atoms with Gasteiger partial charge in [-0.15, -0.1) is 0 Å². The highest BCUT2D eigenvalue weighted by Crippen LogP contribution is 2.01. The minimum Gasteiger partial charge on any atom is -0.481 e. The van der Waals surface area contributed by atoms with Crippen LogP contribution < -0.4 is 11.1 Å². The SMILES string of the molecule is NC(CC(=O)O)C(=O)N1CC(=O)NCC1=O. The van der Waals surface area contributed by atoms with Crippen LogP contribution in [0, 0.1) is 0 Å². The minimum atomic E-state index is -1.31. The molecule has 1 unspecified atom stereocenters. The maximum Gasteiger partial charge on any atom is 0.305 e. The smallest absolute Gasteiger partial charge is 0.305 e. The predicted molar refractivity (Wildman–Crippen MR) is 50.0 cm³/mol. The van der Waals surface area contributed by atoms with Crippen molar-refractivity contribution in [2.24, 2.45) is 5.73 Å². The quantitative estimate of drug-likeness (QED) is 0.481. The molecule has 0 saturated carbocycles. The van der Waals surface area contributed by atoms with Gasteiger partial charge in [-0.25, -0.2) is 0 Å². The summed E-state index contributed by atoms with van der Waals surface area (Å²) in [5.41, 5.74) is 5.30. The van der Waals surface area contributed by atoms with Crippen LogP contribution in [0.4, 0.5) is 0 Å². The molecule has 1 rings (SSSR count). The standard InChI is InChI=1S/C8H11N3O5/c9-4(1-7(14)15)8(16)11-3-5(12)10-2-6(11)13/h4H,1-3,9H2,(H,10,12)(H,14,15). The van der Waals surface area contributed by atoms with E-state index < -0.39 is 42.7 Å². The van der Waals surface area contributed by atoms with Gasteiger partial charge in [0.1, 0.15) is 6.54 Å². The van der Waals surface area contributed by atoms with Crippen molar-refractivity contribution in [3.05, 3.63) is 0 Å². The van der Waals surface area contributed by atoms with E-state index in [1.807, 2.05) is 0 Å². The normalized spacial score (nSPS) is 17.9. The van der Waals surface area contributed by atoms with Crippen LogP contribution in [0.3, 0.4) is 0 Å². The van der Waals surface area contributed by atoms with Crippen LogP contribution >= 0.6 is 0 Å². The summed E-state index contributed by atoms with van der Waals surface area (Å²) < 4.78 is 0. The molecule has 4 N–H and O–H groups in total. The number of carboxylic acid groups (broad SMARTS) is 1. The number of aliphatic carboxylic acids is 1. The number of carbonyl (C=O) groups is 4. The molecule has 0 aromatic heterocycles. The van der Waals surface area contributed by atoms with E-state index in [0.29, 0.717) is 4.90 Å². The van der Waals surface area contributed by atoms with Crippen LogP contribution in [-0.4, -0.2) is 52.8 Å². The van der Waals surface area contributed by atoms with Crippen LogP contribution in [0.1, 0.15) is 6.42 Å². The van der Waals surface area contributed by atoms with Gasteiger partial charge in [0.15, 0.2) is 0 Å². The second-order valence-electron chi connectivity index (χ2n) is 3.30. The highest BCUT2D eigenvalue weighted by molar-refractivity contribution is 6.05. The van der Waals surface area contributed by atoms with Crippen molar-refractivity contribution in [1.82, 2.24) is 10.2 Å². The number of nitrogens with one attached hydrogen (secondary N) is 1. The molecule has 3 amide bonds. The Labute approximate surface area is 90.4 Å². The molecule has 0 radical (unpaired) electrons. The Morgan fingerprint density at radius 1 is 1.50 bits per heavy atom. The number of imide groups is 1. The van der Waals surface area contributed by atoms with Crippen molar-refractivity contribution in [1.29, 1.82) is 0 Å². The summed E-state index contributed by atoms with van der Waals surface area (Å²) in [5.74, 6) is -3.15. The number of hydrogen-bond acceptors (Lipinski definition) is 5. The van der Waals surface area contributed by atoms with Crippen LogP contribution in [-0.2, 0) is 19.2 Å². The van der Waals surface area contributed by atoms with Gasteiger partial charge in [0.05, 0.1) is 19.0 Å². The average molecular weight is 229 g/mol. The average Bonchev–Trinajstić information content (AvgIpc) is 2.19. The fraction of sp³-hybridized carbons (Fsp3) is 0.500. The number of hydrogen-bond donors (Lipinski definition) is 3. The minimum absolute atomic E-state index is 0.273. The summed E-state index contributed by atoms with van der Waals surface area (Å²) in [6, 6.07) is -1.31. The third-order valence-corrected chi connectivity index (χ3v) is 2.02. The van der Waals surface area contributed by atoms with Gasteiger partial charge in [-0.3, -0.25) is 24.1 Å². The number of amides is 3. The van der Waals surface area contributed by atoms with Crippen molar-refractivity contribution >= 4 is 23.7 Å². The monoisotopic (exact) mass is 229 g/mol. The van der Waals surface area contributed by atoms with E-state index in [2.05, 4.69) is 5.32 Å². The first-order valence-electron chi connectivity index (χ1n) is 4.50. The predicted octanol–water partition coefficient (Wildman–Crippen LogP) is -2.73. The third kappa shape index (κ3) is 2.76. The van der Waals surface area contributed by atoms with E-state index >= 15 is 0 Å². The first kappa shape index (κ1) is 12.1. The molecular formula is C8H11N3O5. The lowest BCUT2D eigenvalue weighted by atomic mass is 10.2. The molecule has 1 aliphatic rings. The Morgan fingerprint density at radius 2 is 2.12 bits per heavy atom. The second kappa shape index (κ2) is 4.71. The van der Waals surface area contributed by atoms with E-state index in [1.54, 1.807) is 0 Å². The van der Waals surface area contributed by atoms with E-state index in [0.717, 1.165) is 0 Å². The number of carbonyl (C=O) groups excluding carboxylic acids is 3. The highest BCUT2D eigenvalue weighted by Gasteiger charge is 2.32. The van der Waals surface area contributed by atoms with Gasteiger partial charge >= 0.3 is 5.97 Å². The molecule has 88 valence electrons. The van der Waals surface area contributed by atoms with Crippen molar-refractivity contribution < 1.29 is 24.3 Å². The number of nitrogens with zero attached hydrogens (tertiary/aromatic N) is 1. The number of carboxylic acids is 1. The summed E-state index contributed by atoms with van der Waals surface area (Å²) >= 11 is 0. The van der Waals surface area contributed by atoms with Gasteiger partial charge in [0.2, 0.25) is 17.7 Å². The van der Waals surface area contributed by atoms with Gasteiger partial charge in [-0.1, -0.05) is 0 Å². The molecule has 0 aromatic carbocycles. The fourth-order valence-corrected chi connectivity index (χ4v) is 1.23. The Hall–Kier alpha value is -1.96. The van der Waals surface area contributed by atoms with Crippen LogP contribution in [0.5, 0.6) is 0 Å². The zero-order valence-corrected chi connectivity index (χ0v) is 8.30. The Kier molecular flexibility index (Phi) is 3.56. The maximum absolute atomic E-state index is 11.5. The van der Waals surface area contributed by atoms with E-state index in [9.17, 15) is 19.2 Å². The largest absolute Gasteiger partial charge is 0.481 e. The summed E-state index contributed by atoms with van der Waals surface area (Å²) in [7, 11) is 0. The van der Waals surface area contributed by atoms with Gasteiger partial charge in [0.25, 0.3) is 0 Å². The van der Waals surface area contributed by atoms with Crippen molar-refractivity contribution in [2.75, 3.05) is 13.1 Å². The molecule has 16 heavy (non-hydrogen) atoms. The molecule has 1 fully saturated rings. The first-order chi connectivity index (χ1) is 7.41. The molecule has 0 bridgehead atoms. The first-order valence-corrected chi connectivity index (χ1v) is 4.50. The van der Waals surface area contributed by atoms with Gasteiger partial charge in [0, 0.05) is 0 Å². The summed E-state index contributed by atoms with van der Waals surface area (Å²) in [6.07, 6.45) is -0.579.